The number of carbonyl (C=O) groups excluding carboxylic acids is 2. The SMILES string of the molecule is CCNS(=O)(=O)c1ccc(CCC(=O)N(Cc2ccc(F)cc2)[C@H](C)C(=O)NC)cc1. The highest BCUT2D eigenvalue weighted by atomic mass is 32.2. The average molecular weight is 450 g/mol. The zero-order valence-corrected chi connectivity index (χ0v) is 18.7. The highest BCUT2D eigenvalue weighted by Gasteiger charge is 2.25. The molecule has 0 aliphatic rings. The van der Waals surface area contributed by atoms with E-state index in [9.17, 15) is 22.4 Å². The number of likely N-dealkylation sites (N-methyl/N-ethyl adjacent to an activating group) is 1. The third-order valence-corrected chi connectivity index (χ3v) is 6.44. The lowest BCUT2D eigenvalue weighted by Gasteiger charge is -2.28. The first-order chi connectivity index (χ1) is 14.7. The molecule has 1 atom stereocenters. The van der Waals surface area contributed by atoms with Crippen LogP contribution in [0.2, 0.25) is 0 Å². The van der Waals surface area contributed by atoms with Gasteiger partial charge in [-0.2, -0.15) is 0 Å². The fourth-order valence-corrected chi connectivity index (χ4v) is 4.12. The van der Waals surface area contributed by atoms with E-state index in [0.29, 0.717) is 18.5 Å². The summed E-state index contributed by atoms with van der Waals surface area (Å²) in [6.45, 7) is 3.81. The Morgan fingerprint density at radius 3 is 2.16 bits per heavy atom. The molecule has 0 bridgehead atoms. The van der Waals surface area contributed by atoms with Gasteiger partial charge in [-0.1, -0.05) is 31.2 Å². The molecule has 0 saturated heterocycles. The van der Waals surface area contributed by atoms with Crippen molar-refractivity contribution in [3.8, 4) is 0 Å². The van der Waals surface area contributed by atoms with Crippen LogP contribution in [0.5, 0.6) is 0 Å². The molecule has 2 aromatic carbocycles. The molecular formula is C22H28FN3O4S. The first-order valence-electron chi connectivity index (χ1n) is 10.0. The second kappa shape index (κ2) is 11.0. The summed E-state index contributed by atoms with van der Waals surface area (Å²) in [5.74, 6) is -0.904. The van der Waals surface area contributed by atoms with Crippen molar-refractivity contribution in [1.29, 1.82) is 0 Å². The summed E-state index contributed by atoms with van der Waals surface area (Å²) in [7, 11) is -2.03. The number of aryl methyl sites for hydroxylation is 1. The number of halogens is 1. The molecule has 2 amide bonds. The second-order valence-electron chi connectivity index (χ2n) is 7.08. The predicted molar refractivity (Wildman–Crippen MR) is 116 cm³/mol. The molecule has 0 radical (unpaired) electrons. The summed E-state index contributed by atoms with van der Waals surface area (Å²) in [6.07, 6.45) is 0.530. The minimum absolute atomic E-state index is 0.141. The van der Waals surface area contributed by atoms with Crippen molar-refractivity contribution in [2.75, 3.05) is 13.6 Å². The Kier molecular flexibility index (Phi) is 8.70. The van der Waals surface area contributed by atoms with E-state index in [1.165, 1.54) is 36.2 Å². The number of benzene rings is 2. The van der Waals surface area contributed by atoms with Crippen LogP contribution in [-0.2, 0) is 32.6 Å². The highest BCUT2D eigenvalue weighted by molar-refractivity contribution is 7.89. The molecule has 0 aromatic heterocycles. The molecule has 0 heterocycles. The average Bonchev–Trinajstić information content (AvgIpc) is 2.76. The summed E-state index contributed by atoms with van der Waals surface area (Å²) in [5, 5.41) is 2.54. The van der Waals surface area contributed by atoms with Crippen molar-refractivity contribution >= 4 is 21.8 Å². The summed E-state index contributed by atoms with van der Waals surface area (Å²) >= 11 is 0. The van der Waals surface area contributed by atoms with E-state index in [-0.39, 0.29) is 35.5 Å². The summed E-state index contributed by atoms with van der Waals surface area (Å²) in [6, 6.07) is 11.4. The lowest BCUT2D eigenvalue weighted by Crippen LogP contribution is -2.46. The van der Waals surface area contributed by atoms with E-state index >= 15 is 0 Å². The lowest BCUT2D eigenvalue weighted by atomic mass is 10.1. The van der Waals surface area contributed by atoms with Crippen molar-refractivity contribution in [2.45, 2.75) is 44.2 Å². The zero-order valence-electron chi connectivity index (χ0n) is 17.9. The molecule has 168 valence electrons. The molecule has 0 saturated carbocycles. The van der Waals surface area contributed by atoms with E-state index in [0.717, 1.165) is 5.56 Å². The fourth-order valence-electron chi connectivity index (χ4n) is 3.08. The van der Waals surface area contributed by atoms with Crippen LogP contribution in [-0.4, -0.2) is 44.8 Å². The molecule has 9 heteroatoms. The standard InChI is InChI=1S/C22H28FN3O4S/c1-4-25-31(29,30)20-12-7-17(8-13-20)9-14-21(27)26(16(2)22(28)24-3)15-18-5-10-19(23)11-6-18/h5-8,10-13,16,25H,4,9,14-15H2,1-3H3,(H,24,28)/t16-/m1/s1. The number of rotatable bonds is 10. The summed E-state index contributed by atoms with van der Waals surface area (Å²) in [4.78, 5) is 26.7. The Balaban J connectivity index is 2.10. The van der Waals surface area contributed by atoms with Crippen molar-refractivity contribution in [3.63, 3.8) is 0 Å². The van der Waals surface area contributed by atoms with Crippen LogP contribution in [0.3, 0.4) is 0 Å². The molecule has 0 spiro atoms. The van der Waals surface area contributed by atoms with Crippen LogP contribution in [0.25, 0.3) is 0 Å². The van der Waals surface area contributed by atoms with Gasteiger partial charge in [-0.15, -0.1) is 0 Å². The van der Waals surface area contributed by atoms with E-state index in [4.69, 9.17) is 0 Å². The molecule has 0 unspecified atom stereocenters. The Morgan fingerprint density at radius 2 is 1.61 bits per heavy atom. The quantitative estimate of drug-likeness (QED) is 0.581. The molecule has 7 nitrogen and oxygen atoms in total. The maximum absolute atomic E-state index is 13.2. The minimum Gasteiger partial charge on any atom is -0.357 e. The third kappa shape index (κ3) is 6.86. The van der Waals surface area contributed by atoms with Gasteiger partial charge < -0.3 is 10.2 Å². The lowest BCUT2D eigenvalue weighted by molar-refractivity contribution is -0.140. The first-order valence-corrected chi connectivity index (χ1v) is 11.5. The predicted octanol–water partition coefficient (Wildman–Crippen LogP) is 2.22. The minimum atomic E-state index is -3.53. The van der Waals surface area contributed by atoms with Crippen LogP contribution in [0.4, 0.5) is 4.39 Å². The van der Waals surface area contributed by atoms with Crippen LogP contribution in [0, 0.1) is 5.82 Å². The van der Waals surface area contributed by atoms with Gasteiger partial charge >= 0.3 is 0 Å². The number of carbonyl (C=O) groups is 2. The first kappa shape index (κ1) is 24.5. The largest absolute Gasteiger partial charge is 0.357 e. The van der Waals surface area contributed by atoms with Crippen LogP contribution in [0.15, 0.2) is 53.4 Å². The van der Waals surface area contributed by atoms with Gasteiger partial charge in [0.1, 0.15) is 11.9 Å². The maximum atomic E-state index is 13.2. The van der Waals surface area contributed by atoms with E-state index in [1.54, 1.807) is 38.1 Å². The normalized spacial score (nSPS) is 12.3. The van der Waals surface area contributed by atoms with Gasteiger partial charge in [0.25, 0.3) is 0 Å². The van der Waals surface area contributed by atoms with Crippen molar-refractivity contribution < 1.29 is 22.4 Å². The highest BCUT2D eigenvalue weighted by Crippen LogP contribution is 2.15. The van der Waals surface area contributed by atoms with Gasteiger partial charge in [0, 0.05) is 26.6 Å². The number of amides is 2. The number of hydrogen-bond donors (Lipinski definition) is 2. The Labute approximate surface area is 182 Å². The monoisotopic (exact) mass is 449 g/mol. The topological polar surface area (TPSA) is 95.6 Å². The molecule has 0 fully saturated rings. The van der Waals surface area contributed by atoms with Gasteiger partial charge in [0.15, 0.2) is 0 Å². The van der Waals surface area contributed by atoms with Crippen molar-refractivity contribution in [1.82, 2.24) is 14.9 Å². The number of nitrogens with one attached hydrogen (secondary N) is 2. The molecular weight excluding hydrogens is 421 g/mol. The summed E-state index contributed by atoms with van der Waals surface area (Å²) < 4.78 is 39.7. The number of hydrogen-bond acceptors (Lipinski definition) is 4. The molecule has 2 N–H and O–H groups in total. The molecule has 31 heavy (non-hydrogen) atoms. The fraction of sp³-hybridized carbons (Fsp3) is 0.364. The Morgan fingerprint density at radius 1 is 1.03 bits per heavy atom. The van der Waals surface area contributed by atoms with E-state index in [2.05, 4.69) is 10.0 Å². The van der Waals surface area contributed by atoms with Gasteiger partial charge in [-0.25, -0.2) is 17.5 Å². The second-order valence-corrected chi connectivity index (χ2v) is 8.85. The number of sulfonamides is 1. The van der Waals surface area contributed by atoms with Gasteiger partial charge in [0.05, 0.1) is 4.90 Å². The summed E-state index contributed by atoms with van der Waals surface area (Å²) in [5.41, 5.74) is 1.52. The Bertz CT molecular complexity index is 992. The van der Waals surface area contributed by atoms with Crippen LogP contribution in [0.1, 0.15) is 31.4 Å². The van der Waals surface area contributed by atoms with Crippen LogP contribution >= 0.6 is 0 Å². The van der Waals surface area contributed by atoms with Gasteiger partial charge in [0.2, 0.25) is 21.8 Å². The maximum Gasteiger partial charge on any atom is 0.242 e. The van der Waals surface area contributed by atoms with Crippen molar-refractivity contribution in [2.24, 2.45) is 0 Å². The molecule has 2 aromatic rings. The van der Waals surface area contributed by atoms with E-state index in [1.807, 2.05) is 0 Å². The van der Waals surface area contributed by atoms with Crippen LogP contribution < -0.4 is 10.0 Å². The Hall–Kier alpha value is -2.78. The van der Waals surface area contributed by atoms with E-state index < -0.39 is 16.1 Å². The molecule has 2 rings (SSSR count). The van der Waals surface area contributed by atoms with Gasteiger partial charge in [-0.3, -0.25) is 9.59 Å². The third-order valence-electron chi connectivity index (χ3n) is 4.88. The molecule has 0 aliphatic heterocycles. The smallest absolute Gasteiger partial charge is 0.242 e. The van der Waals surface area contributed by atoms with Crippen molar-refractivity contribution in [3.05, 3.63) is 65.5 Å². The molecule has 0 aliphatic carbocycles. The number of nitrogens with zero attached hydrogens (tertiary/aromatic N) is 1. The zero-order chi connectivity index (χ0) is 23.0. The van der Waals surface area contributed by atoms with Gasteiger partial charge in [-0.05, 0) is 48.7 Å².